The van der Waals surface area contributed by atoms with Gasteiger partial charge in [0.25, 0.3) is 0 Å². The highest BCUT2D eigenvalue weighted by molar-refractivity contribution is 6.00. The Balaban J connectivity index is 1.55. The van der Waals surface area contributed by atoms with Crippen LogP contribution >= 0.6 is 0 Å². The number of ether oxygens (including phenoxy) is 1. The fraction of sp³-hybridized carbons (Fsp3) is 0.500. The fourth-order valence-electron chi connectivity index (χ4n) is 2.94. The smallest absolute Gasteiger partial charge is 0.246 e. The van der Waals surface area contributed by atoms with Crippen LogP contribution in [0.1, 0.15) is 24.0 Å². The maximum atomic E-state index is 12.0. The molecule has 0 aromatic heterocycles. The summed E-state index contributed by atoms with van der Waals surface area (Å²) in [6.45, 7) is 2.69. The van der Waals surface area contributed by atoms with Gasteiger partial charge in [-0.25, -0.2) is 0 Å². The third kappa shape index (κ3) is 2.78. The second-order valence-corrected chi connectivity index (χ2v) is 5.85. The number of fused-ring (bicyclic) bond motifs is 1. The molecule has 0 aliphatic carbocycles. The minimum atomic E-state index is -0.276. The highest BCUT2D eigenvalue weighted by atomic mass is 16.5. The van der Waals surface area contributed by atoms with Crippen molar-refractivity contribution in [1.29, 1.82) is 0 Å². The van der Waals surface area contributed by atoms with E-state index in [0.29, 0.717) is 19.4 Å². The summed E-state index contributed by atoms with van der Waals surface area (Å²) in [6.07, 6.45) is 1.91. The van der Waals surface area contributed by atoms with Gasteiger partial charge in [-0.2, -0.15) is 0 Å². The van der Waals surface area contributed by atoms with Crippen molar-refractivity contribution >= 4 is 11.8 Å². The summed E-state index contributed by atoms with van der Waals surface area (Å²) in [6, 6.07) is 5.91. The quantitative estimate of drug-likeness (QED) is 0.844. The van der Waals surface area contributed by atoms with Crippen molar-refractivity contribution in [2.24, 2.45) is 0 Å². The fourth-order valence-corrected chi connectivity index (χ4v) is 2.94. The zero-order valence-corrected chi connectivity index (χ0v) is 12.4. The summed E-state index contributed by atoms with van der Waals surface area (Å²) in [5.41, 5.74) is 2.46. The summed E-state index contributed by atoms with van der Waals surface area (Å²) < 4.78 is 5.88. The number of imide groups is 1. The average Bonchev–Trinajstić information content (AvgIpc) is 2.86. The molecule has 0 bridgehead atoms. The molecule has 0 spiro atoms. The highest BCUT2D eigenvalue weighted by Crippen LogP contribution is 2.29. The number of likely N-dealkylation sites (N-methyl/N-ethyl adjacent to an activating group) is 1. The van der Waals surface area contributed by atoms with Crippen LogP contribution in [0.4, 0.5) is 0 Å². The summed E-state index contributed by atoms with van der Waals surface area (Å²) >= 11 is 0. The molecule has 2 amide bonds. The summed E-state index contributed by atoms with van der Waals surface area (Å²) in [5.74, 6) is 0.699. The van der Waals surface area contributed by atoms with Crippen molar-refractivity contribution in [3.63, 3.8) is 0 Å². The zero-order valence-electron chi connectivity index (χ0n) is 12.4. The Kier molecular flexibility index (Phi) is 3.68. The second kappa shape index (κ2) is 5.48. The molecule has 1 aromatic rings. The van der Waals surface area contributed by atoms with Crippen molar-refractivity contribution in [3.8, 4) is 5.75 Å². The third-order valence-electron chi connectivity index (χ3n) is 4.20. The minimum Gasteiger partial charge on any atom is -0.488 e. The van der Waals surface area contributed by atoms with Crippen LogP contribution in [0, 0.1) is 6.92 Å². The Bertz CT molecular complexity index is 585. The number of nitrogens with one attached hydrogen (secondary N) is 1. The van der Waals surface area contributed by atoms with Gasteiger partial charge in [-0.1, -0.05) is 17.7 Å². The van der Waals surface area contributed by atoms with Gasteiger partial charge in [-0.3, -0.25) is 14.5 Å². The van der Waals surface area contributed by atoms with Gasteiger partial charge < -0.3 is 10.1 Å². The highest BCUT2D eigenvalue weighted by Gasteiger charge is 2.32. The summed E-state index contributed by atoms with van der Waals surface area (Å²) in [5, 5.41) is 3.25. The molecule has 2 atom stereocenters. The molecule has 0 saturated carbocycles. The molecular formula is C16H20N2O3. The molecule has 5 heteroatoms. The van der Waals surface area contributed by atoms with E-state index in [9.17, 15) is 9.59 Å². The molecule has 1 N–H and O–H groups in total. The number of hydrogen-bond donors (Lipinski definition) is 1. The molecule has 1 fully saturated rings. The van der Waals surface area contributed by atoms with Crippen LogP contribution in [0.25, 0.3) is 0 Å². The molecule has 5 nitrogen and oxygen atoms in total. The SMILES string of the molecule is Cc1ccc2c(c1)CC(CNC1CCC(=O)N(C)C1=O)O2. The van der Waals surface area contributed by atoms with E-state index in [-0.39, 0.29) is 24.0 Å². The molecule has 0 radical (unpaired) electrons. The molecule has 21 heavy (non-hydrogen) atoms. The van der Waals surface area contributed by atoms with E-state index in [1.54, 1.807) is 7.05 Å². The maximum absolute atomic E-state index is 12.0. The number of piperidine rings is 1. The predicted octanol–water partition coefficient (Wildman–Crippen LogP) is 1.04. The first-order chi connectivity index (χ1) is 10.0. The number of benzene rings is 1. The van der Waals surface area contributed by atoms with Crippen LogP contribution in [0.5, 0.6) is 5.75 Å². The third-order valence-corrected chi connectivity index (χ3v) is 4.20. The van der Waals surface area contributed by atoms with Gasteiger partial charge in [0.05, 0.1) is 6.04 Å². The molecule has 1 aromatic carbocycles. The van der Waals surface area contributed by atoms with Crippen LogP contribution < -0.4 is 10.1 Å². The first kappa shape index (κ1) is 14.1. The lowest BCUT2D eigenvalue weighted by Crippen LogP contribution is -2.53. The molecule has 2 aliphatic heterocycles. The number of nitrogens with zero attached hydrogens (tertiary/aromatic N) is 1. The van der Waals surface area contributed by atoms with E-state index in [0.717, 1.165) is 12.2 Å². The van der Waals surface area contributed by atoms with Gasteiger partial charge in [0.1, 0.15) is 11.9 Å². The lowest BCUT2D eigenvalue weighted by molar-refractivity contribution is -0.148. The molecular weight excluding hydrogens is 268 g/mol. The van der Waals surface area contributed by atoms with Crippen LogP contribution in [0.15, 0.2) is 18.2 Å². The molecule has 112 valence electrons. The van der Waals surface area contributed by atoms with Gasteiger partial charge in [0.15, 0.2) is 0 Å². The summed E-state index contributed by atoms with van der Waals surface area (Å²) in [4.78, 5) is 24.7. The van der Waals surface area contributed by atoms with Crippen LogP contribution in [0.3, 0.4) is 0 Å². The van der Waals surface area contributed by atoms with Gasteiger partial charge in [0.2, 0.25) is 11.8 Å². The van der Waals surface area contributed by atoms with E-state index >= 15 is 0 Å². The van der Waals surface area contributed by atoms with Crippen LogP contribution in [-0.4, -0.2) is 42.5 Å². The lowest BCUT2D eigenvalue weighted by Gasteiger charge is -2.29. The Morgan fingerprint density at radius 3 is 3.00 bits per heavy atom. The number of rotatable bonds is 3. The number of likely N-dealkylation sites (tertiary alicyclic amines) is 1. The monoisotopic (exact) mass is 288 g/mol. The largest absolute Gasteiger partial charge is 0.488 e. The Hall–Kier alpha value is -1.88. The second-order valence-electron chi connectivity index (χ2n) is 5.85. The van der Waals surface area contributed by atoms with Crippen LogP contribution in [-0.2, 0) is 16.0 Å². The van der Waals surface area contributed by atoms with Crippen molar-refractivity contribution in [2.45, 2.75) is 38.3 Å². The Morgan fingerprint density at radius 2 is 2.19 bits per heavy atom. The van der Waals surface area contributed by atoms with Gasteiger partial charge in [0, 0.05) is 26.4 Å². The summed E-state index contributed by atoms with van der Waals surface area (Å²) in [7, 11) is 1.54. The number of hydrogen-bond acceptors (Lipinski definition) is 4. The predicted molar refractivity (Wildman–Crippen MR) is 78.1 cm³/mol. The van der Waals surface area contributed by atoms with E-state index < -0.39 is 0 Å². The van der Waals surface area contributed by atoms with Crippen molar-refractivity contribution in [2.75, 3.05) is 13.6 Å². The van der Waals surface area contributed by atoms with E-state index in [2.05, 4.69) is 18.3 Å². The topological polar surface area (TPSA) is 58.6 Å². The zero-order chi connectivity index (χ0) is 15.0. The van der Waals surface area contributed by atoms with E-state index in [4.69, 9.17) is 4.74 Å². The average molecular weight is 288 g/mol. The number of carbonyl (C=O) groups excluding carboxylic acids is 2. The number of aryl methyl sites for hydroxylation is 1. The molecule has 2 heterocycles. The van der Waals surface area contributed by atoms with Crippen LogP contribution in [0.2, 0.25) is 0 Å². The molecule has 1 saturated heterocycles. The van der Waals surface area contributed by atoms with E-state index in [1.165, 1.54) is 16.0 Å². The molecule has 2 aliphatic rings. The van der Waals surface area contributed by atoms with Gasteiger partial charge in [-0.15, -0.1) is 0 Å². The van der Waals surface area contributed by atoms with Crippen molar-refractivity contribution in [1.82, 2.24) is 10.2 Å². The van der Waals surface area contributed by atoms with Crippen molar-refractivity contribution in [3.05, 3.63) is 29.3 Å². The standard InChI is InChI=1S/C16H20N2O3/c1-10-3-5-14-11(7-10)8-12(21-14)9-17-13-4-6-15(19)18(2)16(13)20/h3,5,7,12-13,17H,4,6,8-9H2,1-2H3. The number of carbonyl (C=O) groups is 2. The van der Waals surface area contributed by atoms with Gasteiger partial charge in [-0.05, 0) is 25.0 Å². The lowest BCUT2D eigenvalue weighted by atomic mass is 10.0. The molecule has 3 rings (SSSR count). The number of amides is 2. The Labute approximate surface area is 124 Å². The van der Waals surface area contributed by atoms with E-state index in [1.807, 2.05) is 12.1 Å². The normalized spacial score (nSPS) is 25.0. The first-order valence-electron chi connectivity index (χ1n) is 7.34. The van der Waals surface area contributed by atoms with Gasteiger partial charge >= 0.3 is 0 Å². The molecule has 2 unspecified atom stereocenters. The maximum Gasteiger partial charge on any atom is 0.246 e. The minimum absolute atomic E-state index is 0.0533. The first-order valence-corrected chi connectivity index (χ1v) is 7.34. The van der Waals surface area contributed by atoms with Crippen molar-refractivity contribution < 1.29 is 14.3 Å². The Morgan fingerprint density at radius 1 is 1.38 bits per heavy atom.